The molecular formula is C19H20N2O3. The number of anilines is 1. The summed E-state index contributed by atoms with van der Waals surface area (Å²) < 4.78 is 10.8. The zero-order valence-electron chi connectivity index (χ0n) is 13.5. The lowest BCUT2D eigenvalue weighted by Crippen LogP contribution is -2.45. The molecule has 2 aromatic rings. The van der Waals surface area contributed by atoms with Crippen molar-refractivity contribution in [3.8, 4) is 11.5 Å². The molecule has 24 heavy (non-hydrogen) atoms. The molecule has 2 aliphatic heterocycles. The molecule has 0 aliphatic carbocycles. The second-order valence-electron chi connectivity index (χ2n) is 6.16. The molecule has 2 aromatic carbocycles. The summed E-state index contributed by atoms with van der Waals surface area (Å²) in [5.41, 5.74) is 3.16. The smallest absolute Gasteiger partial charge is 0.231 e. The van der Waals surface area contributed by atoms with Gasteiger partial charge in [-0.2, -0.15) is 0 Å². The van der Waals surface area contributed by atoms with E-state index in [1.165, 1.54) is 11.3 Å². The summed E-state index contributed by atoms with van der Waals surface area (Å²) in [5, 5.41) is 0. The summed E-state index contributed by atoms with van der Waals surface area (Å²) in [6.45, 7) is 5.26. The van der Waals surface area contributed by atoms with E-state index in [4.69, 9.17) is 9.47 Å². The molecule has 1 fully saturated rings. The fraction of sp³-hybridized carbons (Fsp3) is 0.316. The Morgan fingerprint density at radius 1 is 0.917 bits per heavy atom. The zero-order chi connectivity index (χ0) is 16.4. The molecule has 0 amide bonds. The van der Waals surface area contributed by atoms with Crippen LogP contribution in [0.4, 0.5) is 5.69 Å². The molecule has 0 bridgehead atoms. The van der Waals surface area contributed by atoms with Crippen LogP contribution in [-0.2, 0) is 6.54 Å². The Morgan fingerprint density at radius 3 is 2.42 bits per heavy atom. The van der Waals surface area contributed by atoms with Crippen LogP contribution in [0.25, 0.3) is 0 Å². The van der Waals surface area contributed by atoms with Gasteiger partial charge in [0, 0.05) is 44.0 Å². The normalized spacial score (nSPS) is 17.1. The minimum Gasteiger partial charge on any atom is -0.454 e. The van der Waals surface area contributed by atoms with Crippen molar-refractivity contribution in [2.75, 3.05) is 37.9 Å². The predicted molar refractivity (Wildman–Crippen MR) is 91.9 cm³/mol. The molecule has 0 radical (unpaired) electrons. The molecular weight excluding hydrogens is 304 g/mol. The number of fused-ring (bicyclic) bond motifs is 1. The molecule has 2 aliphatic rings. The summed E-state index contributed by atoms with van der Waals surface area (Å²) in [6.07, 6.45) is 0.882. The van der Waals surface area contributed by atoms with E-state index in [1.54, 1.807) is 0 Å². The van der Waals surface area contributed by atoms with Crippen molar-refractivity contribution in [3.63, 3.8) is 0 Å². The largest absolute Gasteiger partial charge is 0.454 e. The van der Waals surface area contributed by atoms with Gasteiger partial charge in [0.15, 0.2) is 11.5 Å². The number of nitrogens with zero attached hydrogens (tertiary/aromatic N) is 2. The molecule has 2 heterocycles. The first kappa shape index (κ1) is 15.0. The van der Waals surface area contributed by atoms with E-state index in [1.807, 2.05) is 30.3 Å². The van der Waals surface area contributed by atoms with Gasteiger partial charge in [0.2, 0.25) is 6.79 Å². The van der Waals surface area contributed by atoms with E-state index in [0.29, 0.717) is 6.79 Å². The van der Waals surface area contributed by atoms with Crippen molar-refractivity contribution in [2.24, 2.45) is 0 Å². The van der Waals surface area contributed by atoms with Crippen molar-refractivity contribution in [1.82, 2.24) is 4.90 Å². The standard InChI is InChI=1S/C19H20N2O3/c22-13-15-1-4-17(5-2-15)21-9-7-20(8-10-21)12-16-3-6-18-19(11-16)24-14-23-18/h1-6,11,13H,7-10,12,14H2. The van der Waals surface area contributed by atoms with Crippen molar-refractivity contribution < 1.29 is 14.3 Å². The first-order valence-corrected chi connectivity index (χ1v) is 8.23. The summed E-state index contributed by atoms with van der Waals surface area (Å²) in [4.78, 5) is 15.6. The molecule has 5 heteroatoms. The van der Waals surface area contributed by atoms with Crippen LogP contribution in [0.1, 0.15) is 15.9 Å². The molecule has 0 saturated carbocycles. The van der Waals surface area contributed by atoms with Crippen LogP contribution in [0.3, 0.4) is 0 Å². The molecule has 5 nitrogen and oxygen atoms in total. The van der Waals surface area contributed by atoms with E-state index in [9.17, 15) is 4.79 Å². The fourth-order valence-electron chi connectivity index (χ4n) is 3.23. The van der Waals surface area contributed by atoms with Crippen molar-refractivity contribution in [3.05, 3.63) is 53.6 Å². The topological polar surface area (TPSA) is 42.0 Å². The maximum absolute atomic E-state index is 10.7. The number of hydrogen-bond acceptors (Lipinski definition) is 5. The Kier molecular flexibility index (Phi) is 4.09. The Balaban J connectivity index is 1.35. The lowest BCUT2D eigenvalue weighted by atomic mass is 10.1. The summed E-state index contributed by atoms with van der Waals surface area (Å²) in [5.74, 6) is 1.68. The summed E-state index contributed by atoms with van der Waals surface area (Å²) in [6, 6.07) is 14.0. The van der Waals surface area contributed by atoms with Gasteiger partial charge in [0.1, 0.15) is 6.29 Å². The zero-order valence-corrected chi connectivity index (χ0v) is 13.5. The van der Waals surface area contributed by atoms with Gasteiger partial charge in [-0.25, -0.2) is 0 Å². The highest BCUT2D eigenvalue weighted by molar-refractivity contribution is 5.75. The van der Waals surface area contributed by atoms with Gasteiger partial charge in [0.05, 0.1) is 0 Å². The Labute approximate surface area is 141 Å². The van der Waals surface area contributed by atoms with E-state index in [-0.39, 0.29) is 0 Å². The number of ether oxygens (including phenoxy) is 2. The van der Waals surface area contributed by atoms with Gasteiger partial charge in [-0.3, -0.25) is 9.69 Å². The third kappa shape index (κ3) is 3.08. The molecule has 0 aromatic heterocycles. The number of rotatable bonds is 4. The number of piperazine rings is 1. The Bertz CT molecular complexity index is 722. The van der Waals surface area contributed by atoms with E-state index >= 15 is 0 Å². The molecule has 0 N–H and O–H groups in total. The average molecular weight is 324 g/mol. The van der Waals surface area contributed by atoms with Crippen molar-refractivity contribution in [1.29, 1.82) is 0 Å². The van der Waals surface area contributed by atoms with Crippen molar-refractivity contribution >= 4 is 12.0 Å². The van der Waals surface area contributed by atoms with Gasteiger partial charge >= 0.3 is 0 Å². The molecule has 0 atom stereocenters. The number of carbonyl (C=O) groups is 1. The lowest BCUT2D eigenvalue weighted by molar-refractivity contribution is 0.112. The van der Waals surface area contributed by atoms with Crippen molar-refractivity contribution in [2.45, 2.75) is 6.54 Å². The van der Waals surface area contributed by atoms with Gasteiger partial charge in [-0.15, -0.1) is 0 Å². The highest BCUT2D eigenvalue weighted by Gasteiger charge is 2.19. The van der Waals surface area contributed by atoms with Gasteiger partial charge in [-0.1, -0.05) is 6.07 Å². The molecule has 1 saturated heterocycles. The molecule has 0 spiro atoms. The SMILES string of the molecule is O=Cc1ccc(N2CCN(Cc3ccc4c(c3)OCO4)CC2)cc1. The highest BCUT2D eigenvalue weighted by atomic mass is 16.7. The third-order valence-corrected chi connectivity index (χ3v) is 4.61. The Morgan fingerprint density at radius 2 is 1.67 bits per heavy atom. The van der Waals surface area contributed by atoms with Crippen LogP contribution >= 0.6 is 0 Å². The van der Waals surface area contributed by atoms with Gasteiger partial charge < -0.3 is 14.4 Å². The fourth-order valence-corrected chi connectivity index (χ4v) is 3.23. The predicted octanol–water partition coefficient (Wildman–Crippen LogP) is 2.55. The second kappa shape index (κ2) is 6.53. The quantitative estimate of drug-likeness (QED) is 0.809. The van der Waals surface area contributed by atoms with E-state index < -0.39 is 0 Å². The summed E-state index contributed by atoms with van der Waals surface area (Å²) >= 11 is 0. The third-order valence-electron chi connectivity index (χ3n) is 4.61. The molecule has 4 rings (SSSR count). The van der Waals surface area contributed by atoms with Crippen LogP contribution < -0.4 is 14.4 Å². The number of hydrogen-bond donors (Lipinski definition) is 0. The maximum atomic E-state index is 10.7. The second-order valence-corrected chi connectivity index (χ2v) is 6.16. The lowest BCUT2D eigenvalue weighted by Gasteiger charge is -2.36. The summed E-state index contributed by atoms with van der Waals surface area (Å²) in [7, 11) is 0. The van der Waals surface area contributed by atoms with Crippen LogP contribution in [0.5, 0.6) is 11.5 Å². The van der Waals surface area contributed by atoms with Crippen LogP contribution in [-0.4, -0.2) is 44.2 Å². The maximum Gasteiger partial charge on any atom is 0.231 e. The first-order valence-electron chi connectivity index (χ1n) is 8.23. The molecule has 0 unspecified atom stereocenters. The van der Waals surface area contributed by atoms with Crippen LogP contribution in [0.15, 0.2) is 42.5 Å². The minimum absolute atomic E-state index is 0.320. The minimum atomic E-state index is 0.320. The van der Waals surface area contributed by atoms with Crippen LogP contribution in [0.2, 0.25) is 0 Å². The number of benzene rings is 2. The monoisotopic (exact) mass is 324 g/mol. The van der Waals surface area contributed by atoms with Gasteiger partial charge in [-0.05, 0) is 42.0 Å². The average Bonchev–Trinajstić information content (AvgIpc) is 3.10. The number of carbonyl (C=O) groups excluding carboxylic acids is 1. The van der Waals surface area contributed by atoms with E-state index in [0.717, 1.165) is 56.1 Å². The first-order chi connectivity index (χ1) is 11.8. The molecule has 124 valence electrons. The Hall–Kier alpha value is -2.53. The highest BCUT2D eigenvalue weighted by Crippen LogP contribution is 2.32. The number of aldehydes is 1. The van der Waals surface area contributed by atoms with Crippen LogP contribution in [0, 0.1) is 0 Å². The van der Waals surface area contributed by atoms with E-state index in [2.05, 4.69) is 21.9 Å². The van der Waals surface area contributed by atoms with Gasteiger partial charge in [0.25, 0.3) is 0 Å².